The van der Waals surface area contributed by atoms with Crippen LogP contribution in [0.4, 0.5) is 0 Å². The van der Waals surface area contributed by atoms with Crippen molar-refractivity contribution in [3.63, 3.8) is 0 Å². The van der Waals surface area contributed by atoms with E-state index >= 15 is 0 Å². The summed E-state index contributed by atoms with van der Waals surface area (Å²) in [7, 11) is 0. The van der Waals surface area contributed by atoms with Gasteiger partial charge in [0.05, 0.1) is 0 Å². The average molecular weight is 398 g/mol. The van der Waals surface area contributed by atoms with Crippen LogP contribution in [0.5, 0.6) is 0 Å². The van der Waals surface area contributed by atoms with E-state index in [1.165, 1.54) is 5.56 Å². The summed E-state index contributed by atoms with van der Waals surface area (Å²) in [5.74, 6) is 0.828. The number of hydrogen-bond acceptors (Lipinski definition) is 3. The highest BCUT2D eigenvalue weighted by Gasteiger charge is 2.69. The number of hydrogen-bond donors (Lipinski definition) is 1. The molecule has 0 bridgehead atoms. The van der Waals surface area contributed by atoms with E-state index in [1.807, 2.05) is 24.5 Å². The average Bonchev–Trinajstić information content (AvgIpc) is 3.50. The molecule has 29 heavy (non-hydrogen) atoms. The molecule has 5 heteroatoms. The minimum atomic E-state index is 0.0947. The number of likely N-dealkylation sites (tertiary alicyclic amines) is 1. The fourth-order valence-corrected chi connectivity index (χ4v) is 5.62. The van der Waals surface area contributed by atoms with Crippen LogP contribution in [0, 0.1) is 28.1 Å². The zero-order valence-electron chi connectivity index (χ0n) is 18.3. The van der Waals surface area contributed by atoms with E-state index in [0.29, 0.717) is 5.91 Å². The van der Waals surface area contributed by atoms with Crippen molar-refractivity contribution < 1.29 is 9.59 Å². The Morgan fingerprint density at radius 3 is 2.31 bits per heavy atom. The number of rotatable bonds is 6. The van der Waals surface area contributed by atoms with Crippen molar-refractivity contribution in [1.82, 2.24) is 15.2 Å². The smallest absolute Gasteiger partial charge is 0.226 e. The Balaban J connectivity index is 1.19. The van der Waals surface area contributed by atoms with Crippen molar-refractivity contribution in [2.75, 3.05) is 19.6 Å². The molecule has 5 nitrogen and oxygen atoms in total. The van der Waals surface area contributed by atoms with Gasteiger partial charge in [-0.3, -0.25) is 14.6 Å². The Bertz CT molecular complexity index is 765. The quantitative estimate of drug-likeness (QED) is 0.748. The van der Waals surface area contributed by atoms with Gasteiger partial charge in [-0.05, 0) is 66.0 Å². The van der Waals surface area contributed by atoms with Crippen LogP contribution in [0.3, 0.4) is 0 Å². The van der Waals surface area contributed by atoms with Crippen LogP contribution in [0.25, 0.3) is 0 Å². The van der Waals surface area contributed by atoms with Gasteiger partial charge in [0.15, 0.2) is 0 Å². The van der Waals surface area contributed by atoms with Crippen LogP contribution in [0.15, 0.2) is 24.5 Å². The van der Waals surface area contributed by atoms with E-state index in [0.717, 1.165) is 51.7 Å². The van der Waals surface area contributed by atoms with Gasteiger partial charge in [0.1, 0.15) is 0 Å². The van der Waals surface area contributed by atoms with E-state index in [9.17, 15) is 9.59 Å². The fourth-order valence-electron chi connectivity index (χ4n) is 5.62. The monoisotopic (exact) mass is 397 g/mol. The lowest BCUT2D eigenvalue weighted by atomic mass is 9.90. The van der Waals surface area contributed by atoms with Crippen molar-refractivity contribution in [3.05, 3.63) is 30.1 Å². The second-order valence-electron chi connectivity index (χ2n) is 10.6. The summed E-state index contributed by atoms with van der Waals surface area (Å²) in [6.07, 6.45) is 8.47. The van der Waals surface area contributed by atoms with Crippen LogP contribution in [0.1, 0.15) is 58.9 Å². The number of nitrogens with one attached hydrogen (secondary N) is 1. The molecule has 1 unspecified atom stereocenters. The van der Waals surface area contributed by atoms with Crippen molar-refractivity contribution in [3.8, 4) is 0 Å². The Labute approximate surface area is 174 Å². The summed E-state index contributed by atoms with van der Waals surface area (Å²) >= 11 is 0. The first kappa shape index (κ1) is 20.4. The molecular weight excluding hydrogens is 362 g/mol. The molecule has 1 aromatic heterocycles. The highest BCUT2D eigenvalue weighted by atomic mass is 16.2. The van der Waals surface area contributed by atoms with Gasteiger partial charge in [-0.2, -0.15) is 0 Å². The molecule has 0 radical (unpaired) electrons. The number of aryl methyl sites for hydroxylation is 1. The lowest BCUT2D eigenvalue weighted by molar-refractivity contribution is -0.135. The molecule has 1 spiro atoms. The molecule has 158 valence electrons. The highest BCUT2D eigenvalue weighted by Crippen LogP contribution is 2.69. The molecule has 3 aliphatic rings. The van der Waals surface area contributed by atoms with Gasteiger partial charge in [0, 0.05) is 43.9 Å². The minimum absolute atomic E-state index is 0.0947. The summed E-state index contributed by atoms with van der Waals surface area (Å²) in [6.45, 7) is 11.2. The van der Waals surface area contributed by atoms with E-state index in [1.54, 1.807) is 0 Å². The van der Waals surface area contributed by atoms with Crippen molar-refractivity contribution in [1.29, 1.82) is 0 Å². The third-order valence-electron chi connectivity index (χ3n) is 8.54. The lowest BCUT2D eigenvalue weighted by Gasteiger charge is -2.33. The Morgan fingerprint density at radius 1 is 1.10 bits per heavy atom. The largest absolute Gasteiger partial charge is 0.356 e. The molecule has 2 saturated carbocycles. The first-order valence-electron chi connectivity index (χ1n) is 11.1. The predicted octanol–water partition coefficient (Wildman–Crippen LogP) is 3.44. The topological polar surface area (TPSA) is 62.3 Å². The lowest BCUT2D eigenvalue weighted by Crippen LogP contribution is -2.42. The minimum Gasteiger partial charge on any atom is -0.356 e. The van der Waals surface area contributed by atoms with E-state index in [4.69, 9.17) is 0 Å². The molecule has 1 aliphatic heterocycles. The summed E-state index contributed by atoms with van der Waals surface area (Å²) < 4.78 is 0. The molecule has 2 heterocycles. The van der Waals surface area contributed by atoms with Gasteiger partial charge < -0.3 is 10.2 Å². The summed E-state index contributed by atoms with van der Waals surface area (Å²) in [5.41, 5.74) is 1.60. The Morgan fingerprint density at radius 2 is 1.72 bits per heavy atom. The van der Waals surface area contributed by atoms with Crippen LogP contribution >= 0.6 is 0 Å². The standard InChI is InChI=1S/C24H35N3O2/c1-22(2)19(23(22,3)4)21(29)27-14-9-24(10-15-27)16-18(24)20(28)26-11-5-6-17-7-12-25-13-8-17/h7-8,12-13,18-19H,5-6,9-11,14-16H2,1-4H3,(H,26,28). The van der Waals surface area contributed by atoms with Crippen molar-refractivity contribution >= 4 is 11.8 Å². The maximum atomic E-state index is 13.0. The van der Waals surface area contributed by atoms with Crippen LogP contribution < -0.4 is 5.32 Å². The number of nitrogens with zero attached hydrogens (tertiary/aromatic N) is 2. The van der Waals surface area contributed by atoms with E-state index in [2.05, 4.69) is 42.9 Å². The van der Waals surface area contributed by atoms with Gasteiger partial charge in [-0.15, -0.1) is 0 Å². The van der Waals surface area contributed by atoms with Gasteiger partial charge >= 0.3 is 0 Å². The summed E-state index contributed by atoms with van der Waals surface area (Å²) in [5, 5.41) is 3.14. The van der Waals surface area contributed by atoms with Gasteiger partial charge in [0.2, 0.25) is 11.8 Å². The van der Waals surface area contributed by atoms with Crippen molar-refractivity contribution in [2.45, 2.75) is 59.8 Å². The number of piperidine rings is 1. The van der Waals surface area contributed by atoms with Gasteiger partial charge in [-0.1, -0.05) is 27.7 Å². The summed E-state index contributed by atoms with van der Waals surface area (Å²) in [4.78, 5) is 31.7. The van der Waals surface area contributed by atoms with Crippen LogP contribution in [0.2, 0.25) is 0 Å². The maximum Gasteiger partial charge on any atom is 0.226 e. The highest BCUT2D eigenvalue weighted by molar-refractivity contribution is 5.85. The molecule has 2 aliphatic carbocycles. The molecule has 4 rings (SSSR count). The first-order valence-corrected chi connectivity index (χ1v) is 11.1. The second kappa shape index (κ2) is 7.10. The van der Waals surface area contributed by atoms with Gasteiger partial charge in [-0.25, -0.2) is 0 Å². The molecule has 3 fully saturated rings. The Hall–Kier alpha value is -1.91. The number of carbonyl (C=O) groups is 2. The molecule has 1 aromatic rings. The zero-order chi connectivity index (χ0) is 20.9. The van der Waals surface area contributed by atoms with E-state index in [-0.39, 0.29) is 34.0 Å². The molecule has 1 atom stereocenters. The molecule has 0 aromatic carbocycles. The number of amides is 2. The van der Waals surface area contributed by atoms with Gasteiger partial charge in [0.25, 0.3) is 0 Å². The van der Waals surface area contributed by atoms with Crippen molar-refractivity contribution in [2.24, 2.45) is 28.1 Å². The first-order chi connectivity index (χ1) is 13.7. The third-order valence-corrected chi connectivity index (χ3v) is 8.54. The Kier molecular flexibility index (Phi) is 4.99. The van der Waals surface area contributed by atoms with Crippen LogP contribution in [-0.4, -0.2) is 41.3 Å². The van der Waals surface area contributed by atoms with E-state index < -0.39 is 0 Å². The second-order valence-corrected chi connectivity index (χ2v) is 10.6. The SMILES string of the molecule is CC1(C)C(C(=O)N2CCC3(CC2)CC3C(=O)NCCCc2ccncc2)C1(C)C. The molecule has 1 N–H and O–H groups in total. The summed E-state index contributed by atoms with van der Waals surface area (Å²) in [6, 6.07) is 4.05. The number of carbonyl (C=O) groups excluding carboxylic acids is 2. The fraction of sp³-hybridized carbons (Fsp3) is 0.708. The third kappa shape index (κ3) is 3.57. The normalized spacial score (nSPS) is 26.2. The zero-order valence-corrected chi connectivity index (χ0v) is 18.3. The number of pyridine rings is 1. The number of aromatic nitrogens is 1. The van der Waals surface area contributed by atoms with Crippen LogP contribution in [-0.2, 0) is 16.0 Å². The molecule has 1 saturated heterocycles. The molecular formula is C24H35N3O2. The predicted molar refractivity (Wildman–Crippen MR) is 113 cm³/mol. The maximum absolute atomic E-state index is 13.0. The molecule has 2 amide bonds.